The molecule has 3 rings (SSSR count). The molecule has 0 unspecified atom stereocenters. The Morgan fingerprint density at radius 2 is 1.42 bits per heavy atom. The van der Waals surface area contributed by atoms with E-state index in [1.165, 1.54) is 0 Å². The molecule has 0 aromatic heterocycles. The van der Waals surface area contributed by atoms with Crippen LogP contribution in [0.2, 0.25) is 0 Å². The van der Waals surface area contributed by atoms with Crippen molar-refractivity contribution in [1.29, 1.82) is 5.26 Å². The number of nitrogens with zero attached hydrogens (tertiary/aromatic N) is 1. The smallest absolute Gasteiger partial charge is 0.0689 e. The first-order chi connectivity index (χ1) is 5.18. The number of fused-ring (bicyclic) bond motifs is 3. The summed E-state index contributed by atoms with van der Waals surface area (Å²) in [6.45, 7) is 0. The van der Waals surface area contributed by atoms with E-state index >= 15 is 0 Å². The fourth-order valence-electron chi connectivity index (χ4n) is 2.38. The molecule has 3 aliphatic rings. The molecule has 2 nitrogen and oxygen atoms in total. The Labute approximate surface area is 79.5 Å². The van der Waals surface area contributed by atoms with Crippen molar-refractivity contribution in [2.45, 2.75) is 44.1 Å². The van der Waals surface area contributed by atoms with Crippen LogP contribution in [-0.2, 0) is 0 Å². The molecule has 68 valence electrons. The number of hydrogen-bond donors (Lipinski definition) is 1. The van der Waals surface area contributed by atoms with E-state index in [4.69, 9.17) is 11.0 Å². The maximum atomic E-state index is 8.96. The molecule has 2 bridgehead atoms. The first-order valence-electron chi connectivity index (χ1n) is 4.38. The molecule has 0 saturated heterocycles. The van der Waals surface area contributed by atoms with Crippen molar-refractivity contribution in [2.75, 3.05) is 0 Å². The molecule has 0 aromatic carbocycles. The van der Waals surface area contributed by atoms with Gasteiger partial charge in [0.05, 0.1) is 11.5 Å². The molecule has 0 aromatic rings. The lowest BCUT2D eigenvalue weighted by Crippen LogP contribution is -2.51. The van der Waals surface area contributed by atoms with Crippen LogP contribution in [0, 0.1) is 16.7 Å². The van der Waals surface area contributed by atoms with Gasteiger partial charge < -0.3 is 5.73 Å². The molecule has 0 atom stereocenters. The van der Waals surface area contributed by atoms with Gasteiger partial charge in [-0.3, -0.25) is 0 Å². The third-order valence-corrected chi connectivity index (χ3v) is 3.54. The summed E-state index contributed by atoms with van der Waals surface area (Å²) in [5, 5.41) is 8.96. The average molecular weight is 187 g/mol. The number of rotatable bonds is 0. The van der Waals surface area contributed by atoms with Gasteiger partial charge in [-0.2, -0.15) is 5.26 Å². The minimum absolute atomic E-state index is 0. The van der Waals surface area contributed by atoms with Crippen molar-refractivity contribution >= 4 is 12.4 Å². The highest BCUT2D eigenvalue weighted by Gasteiger charge is 2.46. The number of hydrogen-bond acceptors (Lipinski definition) is 2. The standard InChI is InChI=1S/C9H14N2.ClH/c10-7-8-1-4-9(11,5-2-8)6-3-8;/h1-6,11H2;1H. The zero-order chi connectivity index (χ0) is 7.95. The normalized spacial score (nSPS) is 44.7. The fraction of sp³-hybridized carbons (Fsp3) is 0.889. The first-order valence-corrected chi connectivity index (χ1v) is 4.38. The fourth-order valence-corrected chi connectivity index (χ4v) is 2.38. The van der Waals surface area contributed by atoms with Gasteiger partial charge in [-0.1, -0.05) is 0 Å². The quantitative estimate of drug-likeness (QED) is 0.629. The van der Waals surface area contributed by atoms with E-state index in [1.54, 1.807) is 0 Å². The minimum Gasteiger partial charge on any atom is -0.325 e. The predicted octanol–water partition coefficient (Wildman–Crippen LogP) is 1.98. The van der Waals surface area contributed by atoms with Gasteiger partial charge >= 0.3 is 0 Å². The van der Waals surface area contributed by atoms with Gasteiger partial charge in [0.15, 0.2) is 0 Å². The van der Waals surface area contributed by atoms with E-state index in [2.05, 4.69) is 6.07 Å². The lowest BCUT2D eigenvalue weighted by molar-refractivity contribution is 0.0903. The Bertz CT molecular complexity index is 195. The van der Waals surface area contributed by atoms with Crippen molar-refractivity contribution in [2.24, 2.45) is 11.1 Å². The maximum Gasteiger partial charge on any atom is 0.0689 e. The summed E-state index contributed by atoms with van der Waals surface area (Å²) in [5.41, 5.74) is 6.24. The highest BCUT2D eigenvalue weighted by Crippen LogP contribution is 2.50. The molecule has 3 fully saturated rings. The molecule has 0 aliphatic heterocycles. The van der Waals surface area contributed by atoms with Crippen molar-refractivity contribution in [3.05, 3.63) is 0 Å². The molecular formula is C9H15ClN2. The van der Waals surface area contributed by atoms with Crippen LogP contribution in [0.3, 0.4) is 0 Å². The van der Waals surface area contributed by atoms with Crippen molar-refractivity contribution in [3.8, 4) is 6.07 Å². The summed E-state index contributed by atoms with van der Waals surface area (Å²) in [4.78, 5) is 0. The third kappa shape index (κ3) is 1.32. The number of nitriles is 1. The summed E-state index contributed by atoms with van der Waals surface area (Å²) in [6.07, 6.45) is 6.34. The van der Waals surface area contributed by atoms with E-state index < -0.39 is 0 Å². The van der Waals surface area contributed by atoms with Crippen LogP contribution >= 0.6 is 12.4 Å². The SMILES string of the molecule is Cl.N#CC12CCC(N)(CC1)CC2. The van der Waals surface area contributed by atoms with Gasteiger partial charge in [0, 0.05) is 5.54 Å². The Hall–Kier alpha value is -0.260. The lowest BCUT2D eigenvalue weighted by Gasteiger charge is -2.48. The molecule has 0 amide bonds. The molecule has 3 heteroatoms. The topological polar surface area (TPSA) is 49.8 Å². The van der Waals surface area contributed by atoms with E-state index in [-0.39, 0.29) is 23.4 Å². The van der Waals surface area contributed by atoms with E-state index in [9.17, 15) is 0 Å². The van der Waals surface area contributed by atoms with Crippen LogP contribution in [0.15, 0.2) is 0 Å². The van der Waals surface area contributed by atoms with Crippen LogP contribution in [0.25, 0.3) is 0 Å². The van der Waals surface area contributed by atoms with Crippen LogP contribution < -0.4 is 5.73 Å². The van der Waals surface area contributed by atoms with E-state index in [0.717, 1.165) is 38.5 Å². The highest BCUT2D eigenvalue weighted by molar-refractivity contribution is 5.85. The lowest BCUT2D eigenvalue weighted by atomic mass is 9.58. The Balaban J connectivity index is 0.000000720. The summed E-state index contributed by atoms with van der Waals surface area (Å²) >= 11 is 0. The maximum absolute atomic E-state index is 8.96. The summed E-state index contributed by atoms with van der Waals surface area (Å²) in [5.74, 6) is 0. The monoisotopic (exact) mass is 186 g/mol. The molecule has 0 radical (unpaired) electrons. The highest BCUT2D eigenvalue weighted by atomic mass is 35.5. The molecule has 3 saturated carbocycles. The number of nitrogens with two attached hydrogens (primary N) is 1. The molecule has 0 spiro atoms. The summed E-state index contributed by atoms with van der Waals surface area (Å²) in [6, 6.07) is 2.47. The molecule has 12 heavy (non-hydrogen) atoms. The van der Waals surface area contributed by atoms with Crippen LogP contribution in [0.5, 0.6) is 0 Å². The molecule has 0 heterocycles. The van der Waals surface area contributed by atoms with Gasteiger partial charge in [-0.15, -0.1) is 12.4 Å². The van der Waals surface area contributed by atoms with Crippen LogP contribution in [0.1, 0.15) is 38.5 Å². The Kier molecular flexibility index (Phi) is 2.38. The largest absolute Gasteiger partial charge is 0.325 e. The first kappa shape index (κ1) is 9.83. The third-order valence-electron chi connectivity index (χ3n) is 3.54. The average Bonchev–Trinajstić information content (AvgIpc) is 2.07. The Morgan fingerprint density at radius 3 is 1.75 bits per heavy atom. The van der Waals surface area contributed by atoms with Gasteiger partial charge in [-0.25, -0.2) is 0 Å². The minimum atomic E-state index is 0. The van der Waals surface area contributed by atoms with E-state index in [0.29, 0.717) is 0 Å². The second kappa shape index (κ2) is 2.90. The zero-order valence-corrected chi connectivity index (χ0v) is 7.99. The second-order valence-electron chi connectivity index (χ2n) is 4.25. The van der Waals surface area contributed by atoms with Gasteiger partial charge in [-0.05, 0) is 38.5 Å². The van der Waals surface area contributed by atoms with Crippen molar-refractivity contribution in [1.82, 2.24) is 0 Å². The van der Waals surface area contributed by atoms with Crippen LogP contribution in [-0.4, -0.2) is 5.54 Å². The van der Waals surface area contributed by atoms with Crippen molar-refractivity contribution < 1.29 is 0 Å². The van der Waals surface area contributed by atoms with Gasteiger partial charge in [0.25, 0.3) is 0 Å². The second-order valence-corrected chi connectivity index (χ2v) is 4.25. The predicted molar refractivity (Wildman–Crippen MR) is 49.9 cm³/mol. The van der Waals surface area contributed by atoms with Crippen LogP contribution in [0.4, 0.5) is 0 Å². The van der Waals surface area contributed by atoms with Gasteiger partial charge in [0.2, 0.25) is 0 Å². The van der Waals surface area contributed by atoms with E-state index in [1.807, 2.05) is 0 Å². The number of halogens is 1. The van der Waals surface area contributed by atoms with Crippen molar-refractivity contribution in [3.63, 3.8) is 0 Å². The molecule has 3 aliphatic carbocycles. The van der Waals surface area contributed by atoms with Gasteiger partial charge in [0.1, 0.15) is 0 Å². The molecular weight excluding hydrogens is 172 g/mol. The zero-order valence-electron chi connectivity index (χ0n) is 7.18. The Morgan fingerprint density at radius 1 is 1.00 bits per heavy atom. The summed E-state index contributed by atoms with van der Waals surface area (Å²) < 4.78 is 0. The molecule has 2 N–H and O–H groups in total. The summed E-state index contributed by atoms with van der Waals surface area (Å²) in [7, 11) is 0.